The molecule has 0 bridgehead atoms. The topological polar surface area (TPSA) is 24.5 Å². The summed E-state index contributed by atoms with van der Waals surface area (Å²) in [6, 6.07) is 6.96. The van der Waals surface area contributed by atoms with Gasteiger partial charge in [-0.25, -0.2) is 4.39 Å². The lowest BCUT2D eigenvalue weighted by Gasteiger charge is -2.17. The molecule has 0 aliphatic rings. The molecular formula is C16H27FN2O. The molecule has 0 unspecified atom stereocenters. The van der Waals surface area contributed by atoms with Gasteiger partial charge in [-0.15, -0.1) is 0 Å². The lowest BCUT2D eigenvalue weighted by molar-refractivity contribution is 0.143. The van der Waals surface area contributed by atoms with Crippen molar-refractivity contribution < 1.29 is 9.13 Å². The van der Waals surface area contributed by atoms with Gasteiger partial charge in [-0.1, -0.05) is 18.2 Å². The van der Waals surface area contributed by atoms with E-state index in [0.717, 1.165) is 51.3 Å². The van der Waals surface area contributed by atoms with Gasteiger partial charge in [0.15, 0.2) is 0 Å². The average molecular weight is 282 g/mol. The zero-order valence-corrected chi connectivity index (χ0v) is 12.7. The van der Waals surface area contributed by atoms with E-state index in [1.54, 1.807) is 6.07 Å². The highest BCUT2D eigenvalue weighted by Crippen LogP contribution is 2.08. The van der Waals surface area contributed by atoms with Crippen molar-refractivity contribution in [2.24, 2.45) is 0 Å². The quantitative estimate of drug-likeness (QED) is 0.632. The Bertz CT molecular complexity index is 360. The third-order valence-electron chi connectivity index (χ3n) is 3.16. The number of unbranched alkanes of at least 4 members (excludes halogenated alkanes) is 1. The summed E-state index contributed by atoms with van der Waals surface area (Å²) in [6.07, 6.45) is 2.24. The summed E-state index contributed by atoms with van der Waals surface area (Å²) in [6.45, 7) is 7.18. The summed E-state index contributed by atoms with van der Waals surface area (Å²) in [5, 5.41) is 3.40. The van der Waals surface area contributed by atoms with E-state index in [0.29, 0.717) is 6.54 Å². The zero-order valence-electron chi connectivity index (χ0n) is 12.7. The van der Waals surface area contributed by atoms with Crippen molar-refractivity contribution in [3.63, 3.8) is 0 Å². The van der Waals surface area contributed by atoms with Crippen LogP contribution in [0.1, 0.15) is 25.3 Å². The van der Waals surface area contributed by atoms with E-state index in [-0.39, 0.29) is 5.82 Å². The third-order valence-corrected chi connectivity index (χ3v) is 3.16. The molecule has 0 fully saturated rings. The van der Waals surface area contributed by atoms with Gasteiger partial charge in [0, 0.05) is 38.4 Å². The Balaban J connectivity index is 2.03. The van der Waals surface area contributed by atoms with Crippen molar-refractivity contribution in [2.75, 3.05) is 39.9 Å². The number of rotatable bonds is 11. The van der Waals surface area contributed by atoms with Crippen LogP contribution in [-0.4, -0.2) is 44.8 Å². The first-order valence-corrected chi connectivity index (χ1v) is 7.44. The molecule has 0 aliphatic heterocycles. The van der Waals surface area contributed by atoms with E-state index < -0.39 is 0 Å². The summed E-state index contributed by atoms with van der Waals surface area (Å²) < 4.78 is 18.8. The average Bonchev–Trinajstić information content (AvgIpc) is 2.44. The van der Waals surface area contributed by atoms with Crippen LogP contribution in [0, 0.1) is 5.82 Å². The highest BCUT2D eigenvalue weighted by molar-refractivity contribution is 5.16. The molecule has 20 heavy (non-hydrogen) atoms. The fraction of sp³-hybridized carbons (Fsp3) is 0.625. The van der Waals surface area contributed by atoms with Crippen LogP contribution in [0.15, 0.2) is 24.3 Å². The predicted molar refractivity (Wildman–Crippen MR) is 81.3 cm³/mol. The molecule has 0 aromatic heterocycles. The molecule has 114 valence electrons. The van der Waals surface area contributed by atoms with Gasteiger partial charge < -0.3 is 15.0 Å². The molecule has 0 heterocycles. The molecule has 3 nitrogen and oxygen atoms in total. The molecule has 0 saturated heterocycles. The molecular weight excluding hydrogens is 255 g/mol. The lowest BCUT2D eigenvalue weighted by atomic mass is 10.2. The second-order valence-corrected chi connectivity index (χ2v) is 4.98. The molecule has 0 saturated carbocycles. The Morgan fingerprint density at radius 2 is 2.00 bits per heavy atom. The highest BCUT2D eigenvalue weighted by Gasteiger charge is 2.04. The van der Waals surface area contributed by atoms with Crippen molar-refractivity contribution in [3.8, 4) is 0 Å². The van der Waals surface area contributed by atoms with Crippen LogP contribution in [0.25, 0.3) is 0 Å². The van der Waals surface area contributed by atoms with E-state index >= 15 is 0 Å². The van der Waals surface area contributed by atoms with Crippen LogP contribution < -0.4 is 5.32 Å². The number of hydrogen-bond acceptors (Lipinski definition) is 3. The second-order valence-electron chi connectivity index (χ2n) is 4.98. The number of nitrogens with one attached hydrogen (secondary N) is 1. The van der Waals surface area contributed by atoms with Crippen LogP contribution in [0.2, 0.25) is 0 Å². The largest absolute Gasteiger partial charge is 0.382 e. The van der Waals surface area contributed by atoms with Crippen molar-refractivity contribution in [3.05, 3.63) is 35.6 Å². The zero-order chi connectivity index (χ0) is 14.6. The monoisotopic (exact) mass is 282 g/mol. The molecule has 1 N–H and O–H groups in total. The number of nitrogens with zero attached hydrogens (tertiary/aromatic N) is 1. The van der Waals surface area contributed by atoms with Crippen LogP contribution >= 0.6 is 0 Å². The van der Waals surface area contributed by atoms with Gasteiger partial charge in [0.2, 0.25) is 0 Å². The molecule has 0 aliphatic carbocycles. The van der Waals surface area contributed by atoms with Gasteiger partial charge in [-0.3, -0.25) is 0 Å². The fourth-order valence-corrected chi connectivity index (χ4v) is 1.99. The first-order valence-electron chi connectivity index (χ1n) is 7.44. The summed E-state index contributed by atoms with van der Waals surface area (Å²) >= 11 is 0. The fourth-order valence-electron chi connectivity index (χ4n) is 1.99. The summed E-state index contributed by atoms with van der Waals surface area (Å²) in [7, 11) is 2.02. The first-order chi connectivity index (χ1) is 9.74. The molecule has 1 aromatic rings. The molecule has 0 spiro atoms. The SMILES string of the molecule is CCOCCCCNCCN(C)Cc1ccccc1F. The highest BCUT2D eigenvalue weighted by atomic mass is 19.1. The molecule has 0 atom stereocenters. The molecule has 0 radical (unpaired) electrons. The normalized spacial score (nSPS) is 11.2. The Morgan fingerprint density at radius 1 is 1.20 bits per heavy atom. The third kappa shape index (κ3) is 7.58. The minimum Gasteiger partial charge on any atom is -0.382 e. The molecule has 0 amide bonds. The van der Waals surface area contributed by atoms with E-state index in [1.807, 2.05) is 26.1 Å². The number of ether oxygens (including phenoxy) is 1. The van der Waals surface area contributed by atoms with Crippen LogP contribution in [-0.2, 0) is 11.3 Å². The number of likely N-dealkylation sites (N-methyl/N-ethyl adjacent to an activating group) is 1. The molecule has 4 heteroatoms. The number of hydrogen-bond donors (Lipinski definition) is 1. The van der Waals surface area contributed by atoms with E-state index in [1.165, 1.54) is 6.07 Å². The van der Waals surface area contributed by atoms with Gasteiger partial charge in [-0.05, 0) is 39.4 Å². The smallest absolute Gasteiger partial charge is 0.127 e. The number of halogens is 1. The van der Waals surface area contributed by atoms with Crippen molar-refractivity contribution in [1.29, 1.82) is 0 Å². The van der Waals surface area contributed by atoms with Crippen LogP contribution in [0.4, 0.5) is 4.39 Å². The Kier molecular flexibility index (Phi) is 9.20. The maximum Gasteiger partial charge on any atom is 0.127 e. The van der Waals surface area contributed by atoms with E-state index in [4.69, 9.17) is 4.74 Å². The standard InChI is InChI=1S/C16H27FN2O/c1-3-20-13-7-6-10-18-11-12-19(2)14-15-8-4-5-9-16(15)17/h4-5,8-9,18H,3,6-7,10-14H2,1-2H3. The lowest BCUT2D eigenvalue weighted by Crippen LogP contribution is -2.29. The Morgan fingerprint density at radius 3 is 2.75 bits per heavy atom. The minimum absolute atomic E-state index is 0.122. The van der Waals surface area contributed by atoms with Gasteiger partial charge in [0.25, 0.3) is 0 Å². The maximum atomic E-state index is 13.5. The minimum atomic E-state index is -0.122. The van der Waals surface area contributed by atoms with Gasteiger partial charge >= 0.3 is 0 Å². The van der Waals surface area contributed by atoms with Gasteiger partial charge in [-0.2, -0.15) is 0 Å². The van der Waals surface area contributed by atoms with Gasteiger partial charge in [0.1, 0.15) is 5.82 Å². The Labute approximate surface area is 122 Å². The summed E-state index contributed by atoms with van der Waals surface area (Å²) in [5.41, 5.74) is 0.756. The van der Waals surface area contributed by atoms with E-state index in [2.05, 4.69) is 10.2 Å². The maximum absolute atomic E-state index is 13.5. The van der Waals surface area contributed by atoms with Crippen LogP contribution in [0.5, 0.6) is 0 Å². The van der Waals surface area contributed by atoms with E-state index in [9.17, 15) is 4.39 Å². The van der Waals surface area contributed by atoms with Crippen molar-refractivity contribution in [2.45, 2.75) is 26.3 Å². The Hall–Kier alpha value is -0.970. The molecule has 1 rings (SSSR count). The first kappa shape index (κ1) is 17.1. The second kappa shape index (κ2) is 10.8. The molecule has 1 aromatic carbocycles. The summed E-state index contributed by atoms with van der Waals surface area (Å²) in [5.74, 6) is -0.122. The van der Waals surface area contributed by atoms with Crippen LogP contribution in [0.3, 0.4) is 0 Å². The number of benzene rings is 1. The van der Waals surface area contributed by atoms with Crippen molar-refractivity contribution >= 4 is 0 Å². The summed E-state index contributed by atoms with van der Waals surface area (Å²) in [4.78, 5) is 2.13. The predicted octanol–water partition coefficient (Wildman–Crippen LogP) is 2.66. The van der Waals surface area contributed by atoms with Gasteiger partial charge in [0.05, 0.1) is 0 Å². The van der Waals surface area contributed by atoms with Crippen molar-refractivity contribution in [1.82, 2.24) is 10.2 Å².